The smallest absolute Gasteiger partial charge is 0.303 e. The van der Waals surface area contributed by atoms with Crippen molar-refractivity contribution in [3.8, 4) is 22.3 Å². The maximum Gasteiger partial charge on any atom is 0.303 e. The van der Waals surface area contributed by atoms with Crippen molar-refractivity contribution in [1.82, 2.24) is 4.57 Å². The number of rotatable bonds is 6. The van der Waals surface area contributed by atoms with Gasteiger partial charge in [0.15, 0.2) is 5.78 Å². The number of carbonyl (C=O) groups excluding carboxylic acids is 1. The zero-order chi connectivity index (χ0) is 18.8. The number of carboxylic acids is 1. The molecular weight excluding hydrogens is 338 g/mol. The topological polar surface area (TPSA) is 59.3 Å². The standard InChI is InChI=1S/C23H21NO3/c25-19(13-14-20(26)27)23-22(17-10-5-2-6-11-17)21(16-8-3-1-4-9-16)18-12-7-15-24(18)23/h1-6,8-11H,7,12-15H2,(H,26,27). The third kappa shape index (κ3) is 3.19. The molecule has 2 aromatic carbocycles. The first-order valence-electron chi connectivity index (χ1n) is 9.28. The molecule has 1 aliphatic rings. The van der Waals surface area contributed by atoms with Crippen LogP contribution in [0.5, 0.6) is 0 Å². The lowest BCUT2D eigenvalue weighted by Crippen LogP contribution is -2.11. The van der Waals surface area contributed by atoms with Gasteiger partial charge in [0.2, 0.25) is 0 Å². The lowest BCUT2D eigenvalue weighted by atomic mass is 9.92. The summed E-state index contributed by atoms with van der Waals surface area (Å²) in [5, 5.41) is 9.01. The van der Waals surface area contributed by atoms with E-state index in [4.69, 9.17) is 5.11 Å². The van der Waals surface area contributed by atoms with Gasteiger partial charge in [0.25, 0.3) is 0 Å². The predicted molar refractivity (Wildman–Crippen MR) is 105 cm³/mol. The number of Topliss-reactive ketones (excluding diaryl/α,β-unsaturated/α-hetero) is 1. The highest BCUT2D eigenvalue weighted by atomic mass is 16.4. The molecule has 1 aliphatic heterocycles. The van der Waals surface area contributed by atoms with Crippen LogP contribution in [0.25, 0.3) is 22.3 Å². The Morgan fingerprint density at radius 3 is 2.04 bits per heavy atom. The first-order chi connectivity index (χ1) is 13.2. The fourth-order valence-electron chi connectivity index (χ4n) is 4.01. The monoisotopic (exact) mass is 359 g/mol. The second-order valence-corrected chi connectivity index (χ2v) is 6.85. The van der Waals surface area contributed by atoms with Crippen LogP contribution < -0.4 is 0 Å². The average Bonchev–Trinajstić information content (AvgIpc) is 3.27. The number of aliphatic carboxylic acids is 1. The van der Waals surface area contributed by atoms with Crippen LogP contribution in [0.15, 0.2) is 60.7 Å². The second-order valence-electron chi connectivity index (χ2n) is 6.85. The number of fused-ring (bicyclic) bond motifs is 1. The minimum atomic E-state index is -0.943. The Hall–Kier alpha value is -3.14. The molecule has 0 aliphatic carbocycles. The number of benzene rings is 2. The molecule has 2 heterocycles. The molecule has 4 heteroatoms. The van der Waals surface area contributed by atoms with Crippen molar-refractivity contribution in [1.29, 1.82) is 0 Å². The van der Waals surface area contributed by atoms with Gasteiger partial charge in [-0.1, -0.05) is 60.7 Å². The van der Waals surface area contributed by atoms with E-state index in [1.165, 1.54) is 5.69 Å². The Bertz CT molecular complexity index is 987. The van der Waals surface area contributed by atoms with Crippen LogP contribution in [-0.2, 0) is 17.8 Å². The number of carboxylic acid groups (broad SMARTS) is 1. The number of ketones is 1. The van der Waals surface area contributed by atoms with Crippen LogP contribution in [0.4, 0.5) is 0 Å². The van der Waals surface area contributed by atoms with E-state index in [0.717, 1.165) is 41.6 Å². The Kier molecular flexibility index (Phi) is 4.63. The van der Waals surface area contributed by atoms with E-state index in [2.05, 4.69) is 16.7 Å². The third-order valence-electron chi connectivity index (χ3n) is 5.12. The van der Waals surface area contributed by atoms with Gasteiger partial charge < -0.3 is 9.67 Å². The minimum absolute atomic E-state index is 0.0207. The molecule has 27 heavy (non-hydrogen) atoms. The van der Waals surface area contributed by atoms with Gasteiger partial charge in [-0.05, 0) is 24.0 Å². The number of aromatic nitrogens is 1. The third-order valence-corrected chi connectivity index (χ3v) is 5.12. The second kappa shape index (κ2) is 7.23. The van der Waals surface area contributed by atoms with Gasteiger partial charge in [-0.15, -0.1) is 0 Å². The summed E-state index contributed by atoms with van der Waals surface area (Å²) < 4.78 is 2.12. The predicted octanol–water partition coefficient (Wildman–Crippen LogP) is 4.82. The molecule has 0 unspecified atom stereocenters. The van der Waals surface area contributed by atoms with Gasteiger partial charge in [0.1, 0.15) is 0 Å². The highest BCUT2D eigenvalue weighted by Gasteiger charge is 2.30. The maximum absolute atomic E-state index is 13.1. The molecule has 136 valence electrons. The van der Waals surface area contributed by atoms with E-state index in [-0.39, 0.29) is 18.6 Å². The van der Waals surface area contributed by atoms with Crippen LogP contribution in [0.2, 0.25) is 0 Å². The van der Waals surface area contributed by atoms with Crippen LogP contribution in [-0.4, -0.2) is 21.4 Å². The number of nitrogens with zero attached hydrogens (tertiary/aromatic N) is 1. The van der Waals surface area contributed by atoms with Crippen molar-refractivity contribution in [2.24, 2.45) is 0 Å². The molecule has 0 saturated carbocycles. The molecule has 1 aromatic heterocycles. The molecule has 1 N–H and O–H groups in total. The lowest BCUT2D eigenvalue weighted by Gasteiger charge is -2.10. The molecule has 4 rings (SSSR count). The van der Waals surface area contributed by atoms with Crippen molar-refractivity contribution in [2.45, 2.75) is 32.2 Å². The van der Waals surface area contributed by atoms with Gasteiger partial charge in [-0.2, -0.15) is 0 Å². The van der Waals surface area contributed by atoms with Crippen LogP contribution in [0.1, 0.15) is 35.4 Å². The first kappa shape index (κ1) is 17.3. The summed E-state index contributed by atoms with van der Waals surface area (Å²) in [6.07, 6.45) is 1.81. The fraction of sp³-hybridized carbons (Fsp3) is 0.217. The molecule has 0 spiro atoms. The highest BCUT2D eigenvalue weighted by molar-refractivity contribution is 6.06. The SMILES string of the molecule is O=C(O)CCC(=O)c1c(-c2ccccc2)c(-c2ccccc2)c2n1CCC2. The summed E-state index contributed by atoms with van der Waals surface area (Å²) >= 11 is 0. The van der Waals surface area contributed by atoms with Crippen molar-refractivity contribution in [3.05, 3.63) is 72.1 Å². The lowest BCUT2D eigenvalue weighted by molar-refractivity contribution is -0.136. The molecule has 0 radical (unpaired) electrons. The number of hydrogen-bond acceptors (Lipinski definition) is 2. The van der Waals surface area contributed by atoms with E-state index >= 15 is 0 Å². The van der Waals surface area contributed by atoms with E-state index in [1.807, 2.05) is 48.5 Å². The Labute approximate surface area is 158 Å². The van der Waals surface area contributed by atoms with Gasteiger partial charge in [0, 0.05) is 29.8 Å². The first-order valence-corrected chi connectivity index (χ1v) is 9.28. The molecule has 4 nitrogen and oxygen atoms in total. The van der Waals surface area contributed by atoms with Crippen molar-refractivity contribution < 1.29 is 14.7 Å². The van der Waals surface area contributed by atoms with Crippen molar-refractivity contribution >= 4 is 11.8 Å². The quantitative estimate of drug-likeness (QED) is 0.642. The summed E-state index contributed by atoms with van der Waals surface area (Å²) in [6.45, 7) is 0.802. The normalized spacial score (nSPS) is 12.7. The summed E-state index contributed by atoms with van der Waals surface area (Å²) in [5.41, 5.74) is 5.98. The Morgan fingerprint density at radius 1 is 0.852 bits per heavy atom. The fourth-order valence-corrected chi connectivity index (χ4v) is 4.01. The molecule has 0 atom stereocenters. The van der Waals surface area contributed by atoms with Crippen molar-refractivity contribution in [3.63, 3.8) is 0 Å². The Balaban J connectivity index is 1.95. The molecule has 0 saturated heterocycles. The Morgan fingerprint density at radius 2 is 1.44 bits per heavy atom. The zero-order valence-corrected chi connectivity index (χ0v) is 15.0. The van der Waals surface area contributed by atoms with Crippen LogP contribution in [0, 0.1) is 0 Å². The summed E-state index contributed by atoms with van der Waals surface area (Å²) in [7, 11) is 0. The van der Waals surface area contributed by atoms with E-state index in [0.29, 0.717) is 5.69 Å². The van der Waals surface area contributed by atoms with Gasteiger partial charge in [-0.25, -0.2) is 0 Å². The molecule has 3 aromatic rings. The average molecular weight is 359 g/mol. The van der Waals surface area contributed by atoms with E-state index in [1.54, 1.807) is 0 Å². The summed E-state index contributed by atoms with van der Waals surface area (Å²) in [6, 6.07) is 20.1. The molecule has 0 amide bonds. The molecule has 0 bridgehead atoms. The van der Waals surface area contributed by atoms with Crippen molar-refractivity contribution in [2.75, 3.05) is 0 Å². The van der Waals surface area contributed by atoms with Gasteiger partial charge in [-0.3, -0.25) is 9.59 Å². The summed E-state index contributed by atoms with van der Waals surface area (Å²) in [4.78, 5) is 24.1. The summed E-state index contributed by atoms with van der Waals surface area (Å²) in [5.74, 6) is -1.04. The minimum Gasteiger partial charge on any atom is -0.481 e. The van der Waals surface area contributed by atoms with Crippen LogP contribution >= 0.6 is 0 Å². The number of hydrogen-bond donors (Lipinski definition) is 1. The zero-order valence-electron chi connectivity index (χ0n) is 15.0. The van der Waals surface area contributed by atoms with E-state index in [9.17, 15) is 9.59 Å². The van der Waals surface area contributed by atoms with Gasteiger partial charge >= 0.3 is 5.97 Å². The van der Waals surface area contributed by atoms with Crippen LogP contribution in [0.3, 0.4) is 0 Å². The molecule has 0 fully saturated rings. The maximum atomic E-state index is 13.1. The van der Waals surface area contributed by atoms with Gasteiger partial charge in [0.05, 0.1) is 12.1 Å². The molecular formula is C23H21NO3. The van der Waals surface area contributed by atoms with E-state index < -0.39 is 5.97 Å². The number of carbonyl (C=O) groups is 2. The largest absolute Gasteiger partial charge is 0.481 e. The highest BCUT2D eigenvalue weighted by Crippen LogP contribution is 2.43.